The maximum Gasteiger partial charge on any atom is 0.271 e. The van der Waals surface area contributed by atoms with Gasteiger partial charge in [0.2, 0.25) is 17.8 Å². The minimum atomic E-state index is -1.08. The van der Waals surface area contributed by atoms with E-state index < -0.39 is 28.2 Å². The number of nitro groups is 1. The predicted octanol–water partition coefficient (Wildman–Crippen LogP) is 2.82. The number of aromatic nitrogens is 2. The monoisotopic (exact) mass is 454 g/mol. The Morgan fingerprint density at radius 3 is 2.61 bits per heavy atom. The van der Waals surface area contributed by atoms with Crippen LogP contribution in [0.5, 0.6) is 0 Å². The molecule has 0 radical (unpaired) electrons. The van der Waals surface area contributed by atoms with Crippen molar-refractivity contribution in [3.8, 4) is 0 Å². The zero-order valence-corrected chi connectivity index (χ0v) is 18.7. The maximum absolute atomic E-state index is 13.1. The topological polar surface area (TPSA) is 150 Å². The molecule has 0 bridgehead atoms. The Balaban J connectivity index is 1.68. The molecular formula is C22H26N6O5. The number of carbonyl (C=O) groups excluding carboxylic acids is 2. The van der Waals surface area contributed by atoms with Gasteiger partial charge in [-0.05, 0) is 45.6 Å². The molecule has 11 nitrogen and oxygen atoms in total. The predicted molar refractivity (Wildman–Crippen MR) is 123 cm³/mol. The number of aromatic amines is 1. The number of piperidine rings is 1. The van der Waals surface area contributed by atoms with Crippen molar-refractivity contribution in [1.82, 2.24) is 9.97 Å². The molecule has 0 aliphatic carbocycles. The highest BCUT2D eigenvalue weighted by Crippen LogP contribution is 2.33. The summed E-state index contributed by atoms with van der Waals surface area (Å²) in [5.74, 6) is -1.66. The first kappa shape index (κ1) is 22.4. The van der Waals surface area contributed by atoms with E-state index in [1.165, 1.54) is 18.2 Å². The van der Waals surface area contributed by atoms with Gasteiger partial charge in [-0.25, -0.2) is 0 Å². The van der Waals surface area contributed by atoms with E-state index in [1.54, 1.807) is 6.92 Å². The van der Waals surface area contributed by atoms with Crippen molar-refractivity contribution in [3.63, 3.8) is 0 Å². The fourth-order valence-corrected chi connectivity index (χ4v) is 4.62. The van der Waals surface area contributed by atoms with Crippen LogP contribution in [0.1, 0.15) is 56.6 Å². The van der Waals surface area contributed by atoms with Crippen molar-refractivity contribution < 1.29 is 14.5 Å². The summed E-state index contributed by atoms with van der Waals surface area (Å²) in [6, 6.07) is 4.46. The molecule has 3 unspecified atom stereocenters. The van der Waals surface area contributed by atoms with Crippen LogP contribution >= 0.6 is 0 Å². The second kappa shape index (κ2) is 8.64. The molecular weight excluding hydrogens is 428 g/mol. The van der Waals surface area contributed by atoms with Crippen molar-refractivity contribution in [2.75, 3.05) is 15.5 Å². The van der Waals surface area contributed by atoms with Crippen LogP contribution < -0.4 is 21.1 Å². The molecule has 3 atom stereocenters. The second-order valence-electron chi connectivity index (χ2n) is 8.74. The smallest absolute Gasteiger partial charge is 0.271 e. The molecule has 0 spiro atoms. The molecule has 2 aliphatic heterocycles. The largest absolute Gasteiger partial charge is 0.337 e. The number of H-pyrrole nitrogens is 1. The van der Waals surface area contributed by atoms with Gasteiger partial charge in [0, 0.05) is 30.6 Å². The number of nitrogens with zero attached hydrogens (tertiary/aromatic N) is 3. The van der Waals surface area contributed by atoms with Gasteiger partial charge in [-0.2, -0.15) is 4.98 Å². The highest BCUT2D eigenvalue weighted by molar-refractivity contribution is 6.04. The molecule has 4 rings (SSSR count). The van der Waals surface area contributed by atoms with Crippen LogP contribution in [0.15, 0.2) is 23.0 Å². The molecule has 1 aromatic carbocycles. The molecule has 2 aromatic rings. The van der Waals surface area contributed by atoms with E-state index in [0.29, 0.717) is 11.5 Å². The molecule has 174 valence electrons. The van der Waals surface area contributed by atoms with Crippen LogP contribution in [-0.4, -0.2) is 38.8 Å². The van der Waals surface area contributed by atoms with Gasteiger partial charge in [0.1, 0.15) is 5.82 Å². The Morgan fingerprint density at radius 2 is 1.94 bits per heavy atom. The number of amides is 2. The molecule has 1 aromatic heterocycles. The van der Waals surface area contributed by atoms with E-state index >= 15 is 0 Å². The highest BCUT2D eigenvalue weighted by atomic mass is 16.6. The highest BCUT2D eigenvalue weighted by Gasteiger charge is 2.36. The standard InChI is InChI=1S/C22H26N6O5/c1-11-7-8-14(28(32)33)9-16(11)23-20(30)15-10-17(29)24-19-18(15)21(31)26-22(25-19)27-12(2)5-4-6-13(27)3/h7-9,12-13,15H,4-6,10H2,1-3H3,(H,23,30)(H2,24,25,26,29,31). The average Bonchev–Trinajstić information content (AvgIpc) is 2.74. The fraction of sp³-hybridized carbons (Fsp3) is 0.455. The van der Waals surface area contributed by atoms with Crippen LogP contribution in [0.3, 0.4) is 0 Å². The molecule has 1 saturated heterocycles. The first-order chi connectivity index (χ1) is 15.7. The summed E-state index contributed by atoms with van der Waals surface area (Å²) in [4.78, 5) is 58.5. The van der Waals surface area contributed by atoms with Gasteiger partial charge >= 0.3 is 0 Å². The van der Waals surface area contributed by atoms with Crippen molar-refractivity contribution >= 4 is 35.0 Å². The van der Waals surface area contributed by atoms with Gasteiger partial charge in [0.05, 0.1) is 22.1 Å². The van der Waals surface area contributed by atoms with Gasteiger partial charge in [-0.15, -0.1) is 0 Å². The molecule has 3 N–H and O–H groups in total. The van der Waals surface area contributed by atoms with Crippen LogP contribution in [0.25, 0.3) is 0 Å². The fourth-order valence-electron chi connectivity index (χ4n) is 4.62. The second-order valence-corrected chi connectivity index (χ2v) is 8.74. The number of fused-ring (bicyclic) bond motifs is 1. The van der Waals surface area contributed by atoms with Crippen LogP contribution in [0.2, 0.25) is 0 Å². The van der Waals surface area contributed by atoms with Gasteiger partial charge in [-0.1, -0.05) is 6.07 Å². The molecule has 2 aliphatic rings. The van der Waals surface area contributed by atoms with Gasteiger partial charge in [0.25, 0.3) is 11.2 Å². The van der Waals surface area contributed by atoms with Gasteiger partial charge in [-0.3, -0.25) is 29.5 Å². The Bertz CT molecular complexity index is 1180. The van der Waals surface area contributed by atoms with E-state index in [9.17, 15) is 24.5 Å². The van der Waals surface area contributed by atoms with Gasteiger partial charge < -0.3 is 15.5 Å². The Kier molecular flexibility index (Phi) is 5.88. The molecule has 0 saturated carbocycles. The van der Waals surface area contributed by atoms with E-state index in [1.807, 2.05) is 4.90 Å². The zero-order chi connectivity index (χ0) is 23.9. The Morgan fingerprint density at radius 1 is 1.24 bits per heavy atom. The first-order valence-corrected chi connectivity index (χ1v) is 10.9. The minimum absolute atomic E-state index is 0.0749. The first-order valence-electron chi connectivity index (χ1n) is 10.9. The summed E-state index contributed by atoms with van der Waals surface area (Å²) < 4.78 is 0. The zero-order valence-electron chi connectivity index (χ0n) is 18.7. The number of non-ortho nitro benzene ring substituents is 1. The summed E-state index contributed by atoms with van der Waals surface area (Å²) >= 11 is 0. The van der Waals surface area contributed by atoms with Crippen LogP contribution in [0, 0.1) is 17.0 Å². The minimum Gasteiger partial charge on any atom is -0.337 e. The number of rotatable bonds is 4. The van der Waals surface area contributed by atoms with Crippen molar-refractivity contribution in [2.24, 2.45) is 0 Å². The van der Waals surface area contributed by atoms with Crippen molar-refractivity contribution in [2.45, 2.75) is 64.5 Å². The quantitative estimate of drug-likeness (QED) is 0.475. The van der Waals surface area contributed by atoms with Crippen molar-refractivity contribution in [1.29, 1.82) is 0 Å². The van der Waals surface area contributed by atoms with Crippen LogP contribution in [0.4, 0.5) is 23.1 Å². The molecule has 3 heterocycles. The summed E-state index contributed by atoms with van der Waals surface area (Å²) in [5.41, 5.74) is 0.280. The number of benzene rings is 1. The number of carbonyl (C=O) groups is 2. The number of hydrogen-bond acceptors (Lipinski definition) is 7. The third kappa shape index (κ3) is 4.30. The third-order valence-electron chi connectivity index (χ3n) is 6.38. The summed E-state index contributed by atoms with van der Waals surface area (Å²) in [7, 11) is 0. The summed E-state index contributed by atoms with van der Waals surface area (Å²) in [6.45, 7) is 5.82. The maximum atomic E-state index is 13.1. The lowest BCUT2D eigenvalue weighted by Crippen LogP contribution is -2.46. The lowest BCUT2D eigenvalue weighted by Gasteiger charge is -2.39. The number of hydrogen-bond donors (Lipinski definition) is 3. The Hall–Kier alpha value is -3.76. The molecule has 1 fully saturated rings. The molecule has 11 heteroatoms. The number of anilines is 3. The lowest BCUT2D eigenvalue weighted by molar-refractivity contribution is -0.384. The van der Waals surface area contributed by atoms with Gasteiger partial charge in [0.15, 0.2) is 0 Å². The number of nitro benzene ring substituents is 1. The lowest BCUT2D eigenvalue weighted by atomic mass is 9.92. The molecule has 33 heavy (non-hydrogen) atoms. The normalized spacial score (nSPS) is 22.3. The summed E-state index contributed by atoms with van der Waals surface area (Å²) in [5, 5.41) is 16.4. The van der Waals surface area contributed by atoms with Crippen LogP contribution in [-0.2, 0) is 9.59 Å². The van der Waals surface area contributed by atoms with E-state index in [2.05, 4.69) is 34.4 Å². The average molecular weight is 454 g/mol. The SMILES string of the molecule is Cc1ccc([N+](=O)[O-])cc1NC(=O)C1CC(=O)Nc2nc(N3C(C)CCCC3C)[nH]c(=O)c21. The number of aryl methyl sites for hydroxylation is 1. The third-order valence-corrected chi connectivity index (χ3v) is 6.38. The molecule has 2 amide bonds. The van der Waals surface area contributed by atoms with E-state index in [0.717, 1.165) is 19.3 Å². The van der Waals surface area contributed by atoms with E-state index in [-0.39, 0.29) is 41.3 Å². The summed E-state index contributed by atoms with van der Waals surface area (Å²) in [6.07, 6.45) is 2.79. The van der Waals surface area contributed by atoms with Crippen molar-refractivity contribution in [3.05, 3.63) is 49.8 Å². The van der Waals surface area contributed by atoms with E-state index in [4.69, 9.17) is 0 Å². The number of nitrogens with one attached hydrogen (secondary N) is 3. The Labute approximate surface area is 189 Å².